The molecule has 0 spiro atoms. The number of para-hydroxylation sites is 1. The molecule has 0 unspecified atom stereocenters. The minimum absolute atomic E-state index is 0. The first-order valence-electron chi connectivity index (χ1n) is 6.38. The van der Waals surface area contributed by atoms with Crippen molar-refractivity contribution in [1.29, 1.82) is 0 Å². The van der Waals surface area contributed by atoms with E-state index in [-0.39, 0.29) is 30.6 Å². The zero-order valence-corrected chi connectivity index (χ0v) is 13.6. The number of fused-ring (bicyclic) bond motifs is 5. The molecule has 1 amide bonds. The highest BCUT2D eigenvalue weighted by Gasteiger charge is 2.20. The van der Waals surface area contributed by atoms with Crippen LogP contribution in [0.3, 0.4) is 0 Å². The molecule has 0 aliphatic carbocycles. The summed E-state index contributed by atoms with van der Waals surface area (Å²) in [6.45, 7) is 0. The summed E-state index contributed by atoms with van der Waals surface area (Å²) in [7, 11) is 0. The fraction of sp³-hybridized carbons (Fsp3) is 0. The third kappa shape index (κ3) is 2.29. The average molecular weight is 370 g/mol. The van der Waals surface area contributed by atoms with E-state index < -0.39 is 5.91 Å². The smallest absolute Gasteiger partial charge is 0.304 e. The van der Waals surface area contributed by atoms with Crippen LogP contribution >= 0.6 is 24.8 Å². The van der Waals surface area contributed by atoms with E-state index in [2.05, 4.69) is 25.7 Å². The number of aromatic nitrogens is 5. The van der Waals surface area contributed by atoms with Gasteiger partial charge in [-0.15, -0.1) is 40.1 Å². The molecule has 3 aromatic heterocycles. The van der Waals surface area contributed by atoms with Crippen LogP contribution in [0.1, 0.15) is 10.6 Å². The topological polar surface area (TPSA) is 152 Å². The van der Waals surface area contributed by atoms with Crippen LogP contribution in [0, 0.1) is 0 Å². The summed E-state index contributed by atoms with van der Waals surface area (Å²) in [6, 6.07) is 7.69. The molecule has 1 aromatic carbocycles. The first-order valence-corrected chi connectivity index (χ1v) is 6.38. The molecule has 12 heteroatoms. The van der Waals surface area contributed by atoms with Gasteiger partial charge in [0.25, 0.3) is 0 Å². The Morgan fingerprint density at radius 3 is 2.62 bits per heavy atom. The number of hydrogen-bond donors (Lipinski definition) is 5. The minimum Gasteiger partial charge on any atom is -0.351 e. The van der Waals surface area contributed by atoms with Gasteiger partial charge in [-0.25, -0.2) is 11.7 Å². The number of anilines is 1. The van der Waals surface area contributed by atoms with Crippen molar-refractivity contribution in [2.45, 2.75) is 0 Å². The number of nitrogens with zero attached hydrogens (tertiary/aromatic N) is 4. The number of hydrogen-bond acceptors (Lipinski definition) is 7. The van der Waals surface area contributed by atoms with Crippen molar-refractivity contribution in [3.8, 4) is 0 Å². The van der Waals surface area contributed by atoms with Gasteiger partial charge in [0.1, 0.15) is 0 Å². The molecule has 0 bridgehead atoms. The van der Waals surface area contributed by atoms with Crippen molar-refractivity contribution in [2.24, 2.45) is 11.7 Å². The molecule has 3 heterocycles. The molecular formula is C12H13Cl2N9O. The lowest BCUT2D eigenvalue weighted by Gasteiger charge is -2.04. The summed E-state index contributed by atoms with van der Waals surface area (Å²) in [5, 5.41) is 13.9. The van der Waals surface area contributed by atoms with Gasteiger partial charge < -0.3 is 10.4 Å². The third-order valence-electron chi connectivity index (χ3n) is 3.48. The lowest BCUT2D eigenvalue weighted by molar-refractivity contribution is 0.0941. The number of rotatable bonds is 2. The van der Waals surface area contributed by atoms with Crippen molar-refractivity contribution >= 4 is 64.0 Å². The number of carbonyl (C=O) groups excluding carboxylic acids is 1. The van der Waals surface area contributed by atoms with Crippen molar-refractivity contribution in [3.63, 3.8) is 0 Å². The number of amides is 1. The molecular weight excluding hydrogens is 357 g/mol. The minimum atomic E-state index is -0.599. The second-order valence-electron chi connectivity index (χ2n) is 4.65. The first-order chi connectivity index (χ1) is 10.7. The summed E-state index contributed by atoms with van der Waals surface area (Å²) >= 11 is 0. The molecule has 4 rings (SSSR count). The highest BCUT2D eigenvalue weighted by Crippen LogP contribution is 2.31. The number of benzene rings is 1. The predicted octanol–water partition coefficient (Wildman–Crippen LogP) is 0.491. The lowest BCUT2D eigenvalue weighted by atomic mass is 10.2. The second kappa shape index (κ2) is 6.45. The standard InChI is InChI=1S/C12H11N9O.2ClH/c13-16-9-7-5-3-1-2-4-6(5)15-8(7)10-18-19-11(12(22)17-14)21(10)20-9;;/h1-4,15H,13-14H2,(H,16,20)(H,17,22);2*1H. The zero-order valence-electron chi connectivity index (χ0n) is 12.0. The number of nitrogen functional groups attached to an aromatic ring is 2. The normalized spacial score (nSPS) is 10.4. The van der Waals surface area contributed by atoms with E-state index in [1.807, 2.05) is 29.7 Å². The van der Waals surface area contributed by atoms with E-state index in [4.69, 9.17) is 11.7 Å². The Balaban J connectivity index is 0.00000104. The Bertz CT molecular complexity index is 1040. The summed E-state index contributed by atoms with van der Waals surface area (Å²) in [4.78, 5) is 15.0. The third-order valence-corrected chi connectivity index (χ3v) is 3.48. The molecule has 0 saturated heterocycles. The number of H-pyrrole nitrogens is 1. The van der Waals surface area contributed by atoms with Crippen molar-refractivity contribution in [3.05, 3.63) is 30.1 Å². The van der Waals surface area contributed by atoms with Crippen LogP contribution in [0.25, 0.3) is 27.5 Å². The Hall–Kier alpha value is -2.66. The van der Waals surface area contributed by atoms with E-state index in [0.29, 0.717) is 17.0 Å². The molecule has 0 atom stereocenters. The van der Waals surface area contributed by atoms with E-state index in [1.165, 1.54) is 4.52 Å². The van der Waals surface area contributed by atoms with Crippen molar-refractivity contribution in [1.82, 2.24) is 30.2 Å². The quantitative estimate of drug-likeness (QED) is 0.196. The second-order valence-corrected chi connectivity index (χ2v) is 4.65. The SMILES string of the molecule is Cl.Cl.NNC(=O)c1nnc2c3[nH]c4ccccc4c3c(NN)nn12. The predicted molar refractivity (Wildman–Crippen MR) is 94.1 cm³/mol. The molecule has 4 aromatic rings. The summed E-state index contributed by atoms with van der Waals surface area (Å²) in [6.07, 6.45) is 0. The van der Waals surface area contributed by atoms with Gasteiger partial charge in [0.15, 0.2) is 5.82 Å². The maximum absolute atomic E-state index is 11.7. The van der Waals surface area contributed by atoms with Gasteiger partial charge in [-0.3, -0.25) is 10.2 Å². The number of carbonyl (C=O) groups is 1. The van der Waals surface area contributed by atoms with Crippen LogP contribution < -0.4 is 22.5 Å². The van der Waals surface area contributed by atoms with E-state index in [9.17, 15) is 4.79 Å². The molecule has 0 aliphatic rings. The van der Waals surface area contributed by atoms with Crippen LogP contribution in [-0.2, 0) is 0 Å². The maximum atomic E-state index is 11.7. The molecule has 0 radical (unpaired) electrons. The van der Waals surface area contributed by atoms with E-state index >= 15 is 0 Å². The van der Waals surface area contributed by atoms with Gasteiger partial charge in [-0.05, 0) is 6.07 Å². The molecule has 0 saturated carbocycles. The van der Waals surface area contributed by atoms with Crippen LogP contribution in [-0.4, -0.2) is 30.7 Å². The maximum Gasteiger partial charge on any atom is 0.304 e. The Labute approximate surface area is 146 Å². The number of nitrogens with two attached hydrogens (primary N) is 2. The van der Waals surface area contributed by atoms with Crippen LogP contribution in [0.5, 0.6) is 0 Å². The highest BCUT2D eigenvalue weighted by atomic mass is 35.5. The van der Waals surface area contributed by atoms with Gasteiger partial charge in [-0.1, -0.05) is 18.2 Å². The Morgan fingerprint density at radius 1 is 1.17 bits per heavy atom. The molecule has 10 nitrogen and oxygen atoms in total. The number of halogens is 2. The van der Waals surface area contributed by atoms with Crippen LogP contribution in [0.2, 0.25) is 0 Å². The Morgan fingerprint density at radius 2 is 1.92 bits per heavy atom. The lowest BCUT2D eigenvalue weighted by Crippen LogP contribution is -2.32. The first kappa shape index (κ1) is 17.7. The molecule has 126 valence electrons. The number of aromatic amines is 1. The van der Waals surface area contributed by atoms with Crippen LogP contribution in [0.15, 0.2) is 24.3 Å². The van der Waals surface area contributed by atoms with Gasteiger partial charge in [0.2, 0.25) is 11.5 Å². The van der Waals surface area contributed by atoms with E-state index in [0.717, 1.165) is 16.3 Å². The largest absolute Gasteiger partial charge is 0.351 e. The molecule has 0 aliphatic heterocycles. The Kier molecular flexibility index (Phi) is 4.76. The zero-order chi connectivity index (χ0) is 15.3. The van der Waals surface area contributed by atoms with Gasteiger partial charge >= 0.3 is 5.91 Å². The fourth-order valence-corrected chi connectivity index (χ4v) is 2.54. The molecule has 0 fully saturated rings. The van der Waals surface area contributed by atoms with Gasteiger partial charge in [-0.2, -0.15) is 4.52 Å². The van der Waals surface area contributed by atoms with Crippen LogP contribution in [0.4, 0.5) is 5.82 Å². The van der Waals surface area contributed by atoms with Crippen molar-refractivity contribution < 1.29 is 4.79 Å². The fourth-order valence-electron chi connectivity index (χ4n) is 2.54. The summed E-state index contributed by atoms with van der Waals surface area (Å²) in [5.74, 6) is 10.5. The van der Waals surface area contributed by atoms with Gasteiger partial charge in [0.05, 0.1) is 10.9 Å². The molecule has 7 N–H and O–H groups in total. The number of hydrazine groups is 2. The summed E-state index contributed by atoms with van der Waals surface area (Å²) < 4.78 is 1.29. The summed E-state index contributed by atoms with van der Waals surface area (Å²) in [5.41, 5.74) is 6.53. The highest BCUT2D eigenvalue weighted by molar-refractivity contribution is 6.16. The average Bonchev–Trinajstić information content (AvgIpc) is 3.14. The molecule has 24 heavy (non-hydrogen) atoms. The number of nitrogens with one attached hydrogen (secondary N) is 3. The van der Waals surface area contributed by atoms with Crippen molar-refractivity contribution in [2.75, 3.05) is 5.43 Å². The van der Waals surface area contributed by atoms with E-state index in [1.54, 1.807) is 0 Å². The monoisotopic (exact) mass is 369 g/mol. The van der Waals surface area contributed by atoms with Gasteiger partial charge in [0, 0.05) is 10.9 Å².